The summed E-state index contributed by atoms with van der Waals surface area (Å²) in [5, 5.41) is 9.27. The molecule has 0 unspecified atom stereocenters. The quantitative estimate of drug-likeness (QED) is 0.530. The van der Waals surface area contributed by atoms with Gasteiger partial charge in [0.25, 0.3) is 5.91 Å². The number of fused-ring (bicyclic) bond motifs is 1. The summed E-state index contributed by atoms with van der Waals surface area (Å²) >= 11 is 5.87. The summed E-state index contributed by atoms with van der Waals surface area (Å²) < 4.78 is 10.8. The fraction of sp³-hybridized carbons (Fsp3) is 0.0952. The molecule has 0 atom stereocenters. The van der Waals surface area contributed by atoms with Gasteiger partial charge in [-0.2, -0.15) is 4.98 Å². The lowest BCUT2D eigenvalue weighted by molar-refractivity contribution is -0.123. The number of amides is 1. The van der Waals surface area contributed by atoms with Crippen LogP contribution < -0.4 is 10.1 Å². The van der Waals surface area contributed by atoms with Crippen LogP contribution in [0.3, 0.4) is 0 Å². The third kappa shape index (κ3) is 4.13. The van der Waals surface area contributed by atoms with Crippen LogP contribution in [0.4, 0.5) is 0 Å². The number of benzene rings is 3. The molecule has 0 spiro atoms. The first kappa shape index (κ1) is 18.0. The predicted molar refractivity (Wildman–Crippen MR) is 106 cm³/mol. The van der Waals surface area contributed by atoms with E-state index >= 15 is 0 Å². The normalized spacial score (nSPS) is 10.8. The van der Waals surface area contributed by atoms with E-state index in [2.05, 4.69) is 15.5 Å². The van der Waals surface area contributed by atoms with Gasteiger partial charge in [0, 0.05) is 16.0 Å². The Morgan fingerprint density at radius 2 is 1.82 bits per heavy atom. The summed E-state index contributed by atoms with van der Waals surface area (Å²) in [6, 6.07) is 20.7. The average molecular weight is 394 g/mol. The lowest BCUT2D eigenvalue weighted by Gasteiger charge is -2.09. The van der Waals surface area contributed by atoms with E-state index in [4.69, 9.17) is 20.9 Å². The van der Waals surface area contributed by atoms with Crippen LogP contribution in [-0.2, 0) is 11.3 Å². The highest BCUT2D eigenvalue weighted by molar-refractivity contribution is 6.30. The number of nitrogens with zero attached hydrogens (tertiary/aromatic N) is 2. The summed E-state index contributed by atoms with van der Waals surface area (Å²) in [6.45, 7) is 0.0184. The molecule has 1 aromatic heterocycles. The molecular weight excluding hydrogens is 378 g/mol. The molecule has 0 saturated heterocycles. The standard InChI is InChI=1S/C21H16ClN3O3/c22-16-10-8-15(9-11-16)21-24-20(28-25-21)12-23-19(26)13-27-18-7-3-5-14-4-1-2-6-17(14)18/h1-11H,12-13H2,(H,23,26). The molecule has 0 aliphatic rings. The third-order valence-corrected chi connectivity index (χ3v) is 4.37. The number of ether oxygens (including phenoxy) is 1. The zero-order chi connectivity index (χ0) is 19.3. The van der Waals surface area contributed by atoms with Crippen molar-refractivity contribution in [3.05, 3.63) is 77.6 Å². The van der Waals surface area contributed by atoms with Gasteiger partial charge in [-0.3, -0.25) is 4.79 Å². The minimum Gasteiger partial charge on any atom is -0.483 e. The van der Waals surface area contributed by atoms with Crippen LogP contribution in [0.5, 0.6) is 5.75 Å². The Morgan fingerprint density at radius 1 is 1.04 bits per heavy atom. The van der Waals surface area contributed by atoms with E-state index in [0.29, 0.717) is 22.5 Å². The van der Waals surface area contributed by atoms with E-state index in [1.54, 1.807) is 24.3 Å². The van der Waals surface area contributed by atoms with Gasteiger partial charge in [-0.15, -0.1) is 0 Å². The highest BCUT2D eigenvalue weighted by Gasteiger charge is 2.11. The van der Waals surface area contributed by atoms with Crippen LogP contribution in [0, 0.1) is 0 Å². The SMILES string of the molecule is O=C(COc1cccc2ccccc12)NCc1nc(-c2ccc(Cl)cc2)no1. The summed E-state index contributed by atoms with van der Waals surface area (Å²) in [7, 11) is 0. The molecule has 1 amide bonds. The van der Waals surface area contributed by atoms with Crippen LogP contribution >= 0.6 is 11.6 Å². The summed E-state index contributed by atoms with van der Waals surface area (Å²) in [5.74, 6) is 1.13. The zero-order valence-electron chi connectivity index (χ0n) is 14.8. The number of nitrogens with one attached hydrogen (secondary N) is 1. The van der Waals surface area contributed by atoms with Crippen LogP contribution in [0.2, 0.25) is 5.02 Å². The topological polar surface area (TPSA) is 77.2 Å². The van der Waals surface area contributed by atoms with Crippen LogP contribution in [-0.4, -0.2) is 22.7 Å². The van der Waals surface area contributed by atoms with Gasteiger partial charge in [-0.1, -0.05) is 53.2 Å². The molecule has 1 heterocycles. The van der Waals surface area contributed by atoms with Crippen molar-refractivity contribution >= 4 is 28.3 Å². The molecule has 0 fully saturated rings. The molecular formula is C21H16ClN3O3. The van der Waals surface area contributed by atoms with Crippen molar-refractivity contribution < 1.29 is 14.1 Å². The first-order chi connectivity index (χ1) is 13.7. The summed E-state index contributed by atoms with van der Waals surface area (Å²) in [5.41, 5.74) is 0.782. The number of carbonyl (C=O) groups is 1. The van der Waals surface area contributed by atoms with Gasteiger partial charge in [-0.25, -0.2) is 0 Å². The zero-order valence-corrected chi connectivity index (χ0v) is 15.5. The van der Waals surface area contributed by atoms with Crippen molar-refractivity contribution in [2.45, 2.75) is 6.54 Å². The lowest BCUT2D eigenvalue weighted by Crippen LogP contribution is -2.28. The monoisotopic (exact) mass is 393 g/mol. The lowest BCUT2D eigenvalue weighted by atomic mass is 10.1. The molecule has 4 aromatic rings. The molecule has 140 valence electrons. The number of hydrogen-bond acceptors (Lipinski definition) is 5. The molecule has 0 bridgehead atoms. The number of rotatable bonds is 6. The Labute approximate surface area is 166 Å². The van der Waals surface area contributed by atoms with Gasteiger partial charge in [0.1, 0.15) is 5.75 Å². The Morgan fingerprint density at radius 3 is 2.68 bits per heavy atom. The highest BCUT2D eigenvalue weighted by atomic mass is 35.5. The van der Waals surface area contributed by atoms with Crippen molar-refractivity contribution in [1.82, 2.24) is 15.5 Å². The Hall–Kier alpha value is -3.38. The van der Waals surface area contributed by atoms with Crippen molar-refractivity contribution in [2.24, 2.45) is 0 Å². The Bertz CT molecular complexity index is 1100. The maximum Gasteiger partial charge on any atom is 0.258 e. The third-order valence-electron chi connectivity index (χ3n) is 4.12. The molecule has 0 aliphatic carbocycles. The molecule has 6 nitrogen and oxygen atoms in total. The van der Waals surface area contributed by atoms with Gasteiger partial charge in [0.2, 0.25) is 11.7 Å². The summed E-state index contributed by atoms with van der Waals surface area (Å²) in [6.07, 6.45) is 0. The molecule has 0 radical (unpaired) electrons. The highest BCUT2D eigenvalue weighted by Crippen LogP contribution is 2.25. The van der Waals surface area contributed by atoms with Crippen LogP contribution in [0.25, 0.3) is 22.2 Å². The number of aromatic nitrogens is 2. The maximum atomic E-state index is 12.1. The molecule has 1 N–H and O–H groups in total. The minimum absolute atomic E-state index is 0.105. The van der Waals surface area contributed by atoms with E-state index < -0.39 is 0 Å². The van der Waals surface area contributed by atoms with Crippen LogP contribution in [0.1, 0.15) is 5.89 Å². The van der Waals surface area contributed by atoms with Gasteiger partial charge < -0.3 is 14.6 Å². The van der Waals surface area contributed by atoms with Gasteiger partial charge in [0.15, 0.2) is 6.61 Å². The van der Waals surface area contributed by atoms with E-state index in [0.717, 1.165) is 16.3 Å². The van der Waals surface area contributed by atoms with Crippen molar-refractivity contribution in [1.29, 1.82) is 0 Å². The number of hydrogen-bond donors (Lipinski definition) is 1. The van der Waals surface area contributed by atoms with Crippen molar-refractivity contribution in [2.75, 3.05) is 6.61 Å². The largest absolute Gasteiger partial charge is 0.483 e. The maximum absolute atomic E-state index is 12.1. The number of carbonyl (C=O) groups excluding carboxylic acids is 1. The Kier molecular flexibility index (Phi) is 5.21. The summed E-state index contributed by atoms with van der Waals surface area (Å²) in [4.78, 5) is 16.4. The molecule has 4 rings (SSSR count). The van der Waals surface area contributed by atoms with Crippen molar-refractivity contribution in [3.8, 4) is 17.1 Å². The molecule has 0 saturated carbocycles. The van der Waals surface area contributed by atoms with E-state index in [9.17, 15) is 4.79 Å². The first-order valence-corrected chi connectivity index (χ1v) is 9.02. The van der Waals surface area contributed by atoms with E-state index in [1.807, 2.05) is 42.5 Å². The second-order valence-electron chi connectivity index (χ2n) is 6.06. The second kappa shape index (κ2) is 8.10. The molecule has 7 heteroatoms. The average Bonchev–Trinajstić information content (AvgIpc) is 3.20. The smallest absolute Gasteiger partial charge is 0.258 e. The van der Waals surface area contributed by atoms with E-state index in [-0.39, 0.29) is 19.1 Å². The molecule has 0 aliphatic heterocycles. The predicted octanol–water partition coefficient (Wildman–Crippen LogP) is 4.24. The fourth-order valence-electron chi connectivity index (χ4n) is 2.73. The number of halogens is 1. The van der Waals surface area contributed by atoms with Crippen molar-refractivity contribution in [3.63, 3.8) is 0 Å². The van der Waals surface area contributed by atoms with Gasteiger partial charge in [0.05, 0.1) is 6.54 Å². The van der Waals surface area contributed by atoms with E-state index in [1.165, 1.54) is 0 Å². The van der Waals surface area contributed by atoms with Gasteiger partial charge >= 0.3 is 0 Å². The molecule has 3 aromatic carbocycles. The fourth-order valence-corrected chi connectivity index (χ4v) is 2.86. The van der Waals surface area contributed by atoms with Gasteiger partial charge in [-0.05, 0) is 35.7 Å². The molecule has 28 heavy (non-hydrogen) atoms. The Balaban J connectivity index is 1.33. The van der Waals surface area contributed by atoms with Crippen LogP contribution in [0.15, 0.2) is 71.3 Å². The second-order valence-corrected chi connectivity index (χ2v) is 6.50. The first-order valence-electron chi connectivity index (χ1n) is 8.65. The minimum atomic E-state index is -0.279.